The van der Waals surface area contributed by atoms with E-state index in [1.807, 2.05) is 31.2 Å². The summed E-state index contributed by atoms with van der Waals surface area (Å²) in [6, 6.07) is 7.62. The zero-order chi connectivity index (χ0) is 13.1. The summed E-state index contributed by atoms with van der Waals surface area (Å²) in [5, 5.41) is 1.21. The van der Waals surface area contributed by atoms with Gasteiger partial charge in [0.05, 0.1) is 5.69 Å². The van der Waals surface area contributed by atoms with Crippen LogP contribution < -0.4 is 0 Å². The van der Waals surface area contributed by atoms with E-state index >= 15 is 0 Å². The molecule has 0 atom stereocenters. The molecule has 18 heavy (non-hydrogen) atoms. The van der Waals surface area contributed by atoms with Crippen molar-refractivity contribution in [1.29, 1.82) is 0 Å². The first-order valence-corrected chi connectivity index (χ1v) is 6.66. The van der Waals surface area contributed by atoms with Gasteiger partial charge >= 0.3 is 0 Å². The molecule has 1 aromatic carbocycles. The van der Waals surface area contributed by atoms with Crippen molar-refractivity contribution in [1.82, 2.24) is 9.97 Å². The molecule has 2 nitrogen and oxygen atoms in total. The number of nitrogens with zero attached hydrogens (tertiary/aromatic N) is 2. The molecular weight excluding hydrogens is 267 g/mol. The van der Waals surface area contributed by atoms with Gasteiger partial charge in [0, 0.05) is 22.6 Å². The first-order valence-electron chi connectivity index (χ1n) is 5.90. The highest BCUT2D eigenvalue weighted by molar-refractivity contribution is 6.31. The number of hydrogen-bond acceptors (Lipinski definition) is 2. The maximum Gasteiger partial charge on any atom is 0.136 e. The van der Waals surface area contributed by atoms with Crippen LogP contribution in [0.2, 0.25) is 10.2 Å². The Morgan fingerprint density at radius 2 is 1.94 bits per heavy atom. The van der Waals surface area contributed by atoms with Gasteiger partial charge in [-0.15, -0.1) is 0 Å². The highest BCUT2D eigenvalue weighted by atomic mass is 35.5. The molecular formula is C14H14Cl2N2. The van der Waals surface area contributed by atoms with Crippen molar-refractivity contribution >= 4 is 23.2 Å². The van der Waals surface area contributed by atoms with Gasteiger partial charge in [0.2, 0.25) is 0 Å². The van der Waals surface area contributed by atoms with Crippen molar-refractivity contribution in [3.05, 3.63) is 45.8 Å². The lowest BCUT2D eigenvalue weighted by Crippen LogP contribution is -2.00. The Balaban J connectivity index is 2.55. The van der Waals surface area contributed by atoms with E-state index in [2.05, 4.69) is 16.9 Å². The molecule has 0 aliphatic rings. The predicted octanol–water partition coefficient (Wildman–Crippen LogP) is 4.71. The number of benzene rings is 1. The molecule has 0 aliphatic heterocycles. The topological polar surface area (TPSA) is 25.8 Å². The maximum absolute atomic E-state index is 6.16. The molecule has 2 aromatic rings. The van der Waals surface area contributed by atoms with Crippen LogP contribution in [-0.4, -0.2) is 9.97 Å². The van der Waals surface area contributed by atoms with Crippen LogP contribution in [0.4, 0.5) is 0 Å². The second-order valence-electron chi connectivity index (χ2n) is 4.16. The number of aryl methyl sites for hydroxylation is 1. The third-order valence-corrected chi connectivity index (χ3v) is 3.31. The van der Waals surface area contributed by atoms with Crippen molar-refractivity contribution in [3.8, 4) is 11.3 Å². The number of halogens is 2. The third kappa shape index (κ3) is 2.82. The van der Waals surface area contributed by atoms with E-state index in [0.717, 1.165) is 35.5 Å². The lowest BCUT2D eigenvalue weighted by molar-refractivity contribution is 0.833. The summed E-state index contributed by atoms with van der Waals surface area (Å²) >= 11 is 12.2. The molecule has 94 valence electrons. The summed E-state index contributed by atoms with van der Waals surface area (Å²) in [5.74, 6) is 0.781. The van der Waals surface area contributed by atoms with E-state index in [9.17, 15) is 0 Å². The van der Waals surface area contributed by atoms with Gasteiger partial charge in [-0.25, -0.2) is 9.97 Å². The standard InChI is InChI=1S/C14H14Cl2N2/c1-3-5-12-17-13(9(2)14(16)18-12)10-6-4-7-11(15)8-10/h4,6-8H,3,5H2,1-2H3. The van der Waals surface area contributed by atoms with Gasteiger partial charge in [0.1, 0.15) is 11.0 Å². The molecule has 1 aromatic heterocycles. The summed E-state index contributed by atoms with van der Waals surface area (Å²) in [6.07, 6.45) is 1.82. The van der Waals surface area contributed by atoms with Gasteiger partial charge in [-0.1, -0.05) is 42.3 Å². The second-order valence-corrected chi connectivity index (χ2v) is 4.96. The normalized spacial score (nSPS) is 10.7. The smallest absolute Gasteiger partial charge is 0.136 e. The Labute approximate surface area is 117 Å². The van der Waals surface area contributed by atoms with E-state index < -0.39 is 0 Å². The molecule has 0 aliphatic carbocycles. The number of hydrogen-bond donors (Lipinski definition) is 0. The van der Waals surface area contributed by atoms with E-state index in [-0.39, 0.29) is 0 Å². The van der Waals surface area contributed by atoms with Crippen LogP contribution in [-0.2, 0) is 6.42 Å². The fourth-order valence-corrected chi connectivity index (χ4v) is 2.16. The molecule has 0 saturated carbocycles. The first kappa shape index (κ1) is 13.3. The van der Waals surface area contributed by atoms with Crippen LogP contribution in [0.1, 0.15) is 24.7 Å². The minimum absolute atomic E-state index is 0.517. The fourth-order valence-electron chi connectivity index (χ4n) is 1.79. The van der Waals surface area contributed by atoms with Crippen molar-refractivity contribution in [3.63, 3.8) is 0 Å². The average molecular weight is 281 g/mol. The predicted molar refractivity (Wildman–Crippen MR) is 76.2 cm³/mol. The second kappa shape index (κ2) is 5.68. The molecule has 0 fully saturated rings. The molecule has 0 radical (unpaired) electrons. The van der Waals surface area contributed by atoms with E-state index in [1.54, 1.807) is 0 Å². The Kier molecular flexibility index (Phi) is 4.20. The molecule has 0 N–H and O–H groups in total. The van der Waals surface area contributed by atoms with E-state index in [1.165, 1.54) is 0 Å². The van der Waals surface area contributed by atoms with Crippen LogP contribution in [0.15, 0.2) is 24.3 Å². The molecule has 0 bridgehead atoms. The molecule has 0 amide bonds. The summed E-state index contributed by atoms with van der Waals surface area (Å²) in [4.78, 5) is 8.87. The van der Waals surface area contributed by atoms with Gasteiger partial charge < -0.3 is 0 Å². The number of rotatable bonds is 3. The fraction of sp³-hybridized carbons (Fsp3) is 0.286. The monoisotopic (exact) mass is 280 g/mol. The number of aromatic nitrogens is 2. The van der Waals surface area contributed by atoms with Gasteiger partial charge in [-0.3, -0.25) is 0 Å². The van der Waals surface area contributed by atoms with Crippen molar-refractivity contribution < 1.29 is 0 Å². The molecule has 0 spiro atoms. The zero-order valence-electron chi connectivity index (χ0n) is 10.4. The van der Waals surface area contributed by atoms with Gasteiger partial charge in [-0.05, 0) is 25.5 Å². The van der Waals surface area contributed by atoms with Crippen LogP contribution >= 0.6 is 23.2 Å². The van der Waals surface area contributed by atoms with Crippen molar-refractivity contribution in [2.75, 3.05) is 0 Å². The van der Waals surface area contributed by atoms with Gasteiger partial charge in [0.15, 0.2) is 0 Å². The average Bonchev–Trinajstić information content (AvgIpc) is 2.34. The third-order valence-electron chi connectivity index (χ3n) is 2.70. The molecule has 4 heteroatoms. The van der Waals surface area contributed by atoms with Gasteiger partial charge in [-0.2, -0.15) is 0 Å². The first-order chi connectivity index (χ1) is 8.61. The summed E-state index contributed by atoms with van der Waals surface area (Å²) < 4.78 is 0. The highest BCUT2D eigenvalue weighted by Crippen LogP contribution is 2.27. The van der Waals surface area contributed by atoms with Crippen LogP contribution in [0, 0.1) is 6.92 Å². The molecule has 1 heterocycles. The van der Waals surface area contributed by atoms with Crippen molar-refractivity contribution in [2.24, 2.45) is 0 Å². The quantitative estimate of drug-likeness (QED) is 0.761. The Bertz CT molecular complexity index is 568. The van der Waals surface area contributed by atoms with Crippen molar-refractivity contribution in [2.45, 2.75) is 26.7 Å². The van der Waals surface area contributed by atoms with Crippen LogP contribution in [0.25, 0.3) is 11.3 Å². The highest BCUT2D eigenvalue weighted by Gasteiger charge is 2.11. The minimum atomic E-state index is 0.517. The lowest BCUT2D eigenvalue weighted by Gasteiger charge is -2.09. The molecule has 2 rings (SSSR count). The zero-order valence-corrected chi connectivity index (χ0v) is 11.9. The Morgan fingerprint density at radius 1 is 1.17 bits per heavy atom. The SMILES string of the molecule is CCCc1nc(Cl)c(C)c(-c2cccc(Cl)c2)n1. The minimum Gasteiger partial charge on any atom is -0.233 e. The summed E-state index contributed by atoms with van der Waals surface area (Å²) in [6.45, 7) is 4.02. The summed E-state index contributed by atoms with van der Waals surface area (Å²) in [5.41, 5.74) is 2.72. The molecule has 0 unspecified atom stereocenters. The Morgan fingerprint density at radius 3 is 2.61 bits per heavy atom. The Hall–Kier alpha value is -1.12. The van der Waals surface area contributed by atoms with Gasteiger partial charge in [0.25, 0.3) is 0 Å². The molecule has 0 saturated heterocycles. The van der Waals surface area contributed by atoms with E-state index in [4.69, 9.17) is 23.2 Å². The van der Waals surface area contributed by atoms with E-state index in [0.29, 0.717) is 10.2 Å². The lowest BCUT2D eigenvalue weighted by atomic mass is 10.1. The largest absolute Gasteiger partial charge is 0.233 e. The maximum atomic E-state index is 6.16. The van der Waals surface area contributed by atoms with Crippen LogP contribution in [0.5, 0.6) is 0 Å². The van der Waals surface area contributed by atoms with Crippen LogP contribution in [0.3, 0.4) is 0 Å². The summed E-state index contributed by atoms with van der Waals surface area (Å²) in [7, 11) is 0.